The number of hydrogen-bond donors (Lipinski definition) is 2. The second-order valence-corrected chi connectivity index (χ2v) is 6.63. The van der Waals surface area contributed by atoms with Gasteiger partial charge in [-0.25, -0.2) is 4.39 Å². The van der Waals surface area contributed by atoms with Crippen LogP contribution in [-0.2, 0) is 4.79 Å². The summed E-state index contributed by atoms with van der Waals surface area (Å²) in [6.07, 6.45) is 5.88. The molecule has 0 aliphatic heterocycles. The molecule has 136 valence electrons. The van der Waals surface area contributed by atoms with Crippen molar-refractivity contribution in [3.8, 4) is 5.75 Å². The van der Waals surface area contributed by atoms with E-state index < -0.39 is 0 Å². The number of halogens is 2. The van der Waals surface area contributed by atoms with E-state index >= 15 is 0 Å². The van der Waals surface area contributed by atoms with Gasteiger partial charge < -0.3 is 15.8 Å². The molecular weight excluding hydrogens is 331 g/mol. The molecule has 1 unspecified atom stereocenters. The number of rotatable bonds is 7. The number of nitrogens with one attached hydrogen (secondary N) is 1. The lowest BCUT2D eigenvalue weighted by Gasteiger charge is -2.35. The van der Waals surface area contributed by atoms with E-state index in [0.29, 0.717) is 25.3 Å². The minimum Gasteiger partial charge on any atom is -0.489 e. The highest BCUT2D eigenvalue weighted by atomic mass is 35.5. The molecular formula is C18H28ClFN2O2. The first-order valence-corrected chi connectivity index (χ1v) is 8.42. The number of ether oxygens (including phenoxy) is 1. The Morgan fingerprint density at radius 3 is 2.71 bits per heavy atom. The maximum atomic E-state index is 13.1. The van der Waals surface area contributed by atoms with Crippen LogP contribution in [0.15, 0.2) is 24.3 Å². The highest BCUT2D eigenvalue weighted by Crippen LogP contribution is 2.38. The van der Waals surface area contributed by atoms with Crippen molar-refractivity contribution in [1.29, 1.82) is 0 Å². The molecule has 0 saturated heterocycles. The summed E-state index contributed by atoms with van der Waals surface area (Å²) in [6.45, 7) is 2.82. The molecule has 1 atom stereocenters. The van der Waals surface area contributed by atoms with E-state index in [1.54, 1.807) is 12.1 Å². The first kappa shape index (κ1) is 20.7. The van der Waals surface area contributed by atoms with Gasteiger partial charge >= 0.3 is 0 Å². The van der Waals surface area contributed by atoms with Gasteiger partial charge in [-0.2, -0.15) is 0 Å². The van der Waals surface area contributed by atoms with E-state index in [1.165, 1.54) is 18.6 Å². The molecule has 1 saturated carbocycles. The summed E-state index contributed by atoms with van der Waals surface area (Å²) in [5.74, 6) is 0.158. The average molecular weight is 359 g/mol. The fourth-order valence-electron chi connectivity index (χ4n) is 3.23. The molecule has 1 aromatic carbocycles. The topological polar surface area (TPSA) is 64.4 Å². The minimum absolute atomic E-state index is 0. The Morgan fingerprint density at radius 1 is 1.38 bits per heavy atom. The van der Waals surface area contributed by atoms with E-state index in [4.69, 9.17) is 10.5 Å². The maximum absolute atomic E-state index is 13.1. The molecule has 24 heavy (non-hydrogen) atoms. The minimum atomic E-state index is -0.332. The van der Waals surface area contributed by atoms with Crippen LogP contribution in [-0.4, -0.2) is 25.1 Å². The highest BCUT2D eigenvalue weighted by molar-refractivity contribution is 5.85. The Bertz CT molecular complexity index is 521. The third-order valence-electron chi connectivity index (χ3n) is 4.60. The number of hydrogen-bond acceptors (Lipinski definition) is 3. The van der Waals surface area contributed by atoms with Gasteiger partial charge in [0.05, 0.1) is 6.54 Å². The first-order chi connectivity index (χ1) is 11.0. The quantitative estimate of drug-likeness (QED) is 0.784. The van der Waals surface area contributed by atoms with Crippen LogP contribution in [0.3, 0.4) is 0 Å². The van der Waals surface area contributed by atoms with Crippen LogP contribution in [0.2, 0.25) is 0 Å². The summed E-state index contributed by atoms with van der Waals surface area (Å²) in [5.41, 5.74) is 5.89. The fourth-order valence-corrected chi connectivity index (χ4v) is 3.23. The van der Waals surface area contributed by atoms with Crippen LogP contribution in [0, 0.1) is 11.2 Å². The molecule has 0 radical (unpaired) electrons. The Hall–Kier alpha value is -1.33. The molecule has 0 spiro atoms. The number of carbonyl (C=O) groups is 1. The summed E-state index contributed by atoms with van der Waals surface area (Å²) in [6, 6.07) is 6.01. The Morgan fingerprint density at radius 2 is 2.08 bits per heavy atom. The van der Waals surface area contributed by atoms with Gasteiger partial charge in [0, 0.05) is 12.5 Å². The molecule has 6 heteroatoms. The summed E-state index contributed by atoms with van der Waals surface area (Å²) in [4.78, 5) is 12.2. The smallest absolute Gasteiger partial charge is 0.220 e. The molecule has 0 aromatic heterocycles. The predicted octanol–water partition coefficient (Wildman–Crippen LogP) is 3.43. The van der Waals surface area contributed by atoms with Crippen LogP contribution < -0.4 is 15.8 Å². The van der Waals surface area contributed by atoms with Gasteiger partial charge in [0.15, 0.2) is 0 Å². The van der Waals surface area contributed by atoms with Crippen molar-refractivity contribution in [2.45, 2.75) is 51.6 Å². The predicted molar refractivity (Wildman–Crippen MR) is 95.9 cm³/mol. The van der Waals surface area contributed by atoms with Gasteiger partial charge in [0.25, 0.3) is 0 Å². The molecule has 1 aliphatic carbocycles. The molecule has 3 N–H and O–H groups in total. The van der Waals surface area contributed by atoms with Gasteiger partial charge in [0.2, 0.25) is 5.91 Å². The molecule has 1 fully saturated rings. The molecule has 1 aromatic rings. The third-order valence-corrected chi connectivity index (χ3v) is 4.60. The van der Waals surface area contributed by atoms with Crippen LogP contribution >= 0.6 is 12.4 Å². The van der Waals surface area contributed by atoms with Crippen molar-refractivity contribution < 1.29 is 13.9 Å². The standard InChI is InChI=1S/C18H27FN2O2.ClH/c1-14(23-16-7-5-6-15(19)10-16)12-21-17(22)11-18(13-20)8-3-2-4-9-18;/h5-7,10,14H,2-4,8-9,11-13,20H2,1H3,(H,21,22);1H. The molecule has 2 rings (SSSR count). The van der Waals surface area contributed by atoms with Crippen molar-refractivity contribution in [1.82, 2.24) is 5.32 Å². The number of nitrogens with two attached hydrogens (primary N) is 1. The van der Waals surface area contributed by atoms with Crippen molar-refractivity contribution in [3.63, 3.8) is 0 Å². The van der Waals surface area contributed by atoms with E-state index in [9.17, 15) is 9.18 Å². The Kier molecular flexibility index (Phi) is 8.50. The van der Waals surface area contributed by atoms with E-state index in [0.717, 1.165) is 25.7 Å². The molecule has 1 amide bonds. The summed E-state index contributed by atoms with van der Waals surface area (Å²) in [5, 5.41) is 2.91. The lowest BCUT2D eigenvalue weighted by atomic mass is 9.71. The van der Waals surface area contributed by atoms with Crippen LogP contribution in [0.25, 0.3) is 0 Å². The van der Waals surface area contributed by atoms with Crippen LogP contribution in [0.5, 0.6) is 5.75 Å². The maximum Gasteiger partial charge on any atom is 0.220 e. The zero-order valence-corrected chi connectivity index (χ0v) is 15.0. The van der Waals surface area contributed by atoms with Gasteiger partial charge in [-0.05, 0) is 43.9 Å². The second-order valence-electron chi connectivity index (χ2n) is 6.63. The van der Waals surface area contributed by atoms with Crippen LogP contribution in [0.4, 0.5) is 4.39 Å². The number of benzene rings is 1. The first-order valence-electron chi connectivity index (χ1n) is 8.42. The zero-order valence-electron chi connectivity index (χ0n) is 14.2. The summed E-state index contributed by atoms with van der Waals surface area (Å²) in [7, 11) is 0. The van der Waals surface area contributed by atoms with E-state index in [2.05, 4.69) is 5.32 Å². The fraction of sp³-hybridized carbons (Fsp3) is 0.611. The van der Waals surface area contributed by atoms with Crippen molar-refractivity contribution in [3.05, 3.63) is 30.1 Å². The lowest BCUT2D eigenvalue weighted by molar-refractivity contribution is -0.124. The molecule has 0 bridgehead atoms. The Balaban J connectivity index is 0.00000288. The normalized spacial score (nSPS) is 17.5. The second kappa shape index (κ2) is 9.84. The third kappa shape index (κ3) is 6.29. The summed E-state index contributed by atoms with van der Waals surface area (Å²) < 4.78 is 18.7. The van der Waals surface area contributed by atoms with Crippen molar-refractivity contribution in [2.75, 3.05) is 13.1 Å². The molecule has 4 nitrogen and oxygen atoms in total. The monoisotopic (exact) mass is 358 g/mol. The Labute approximate surface area is 149 Å². The van der Waals surface area contributed by atoms with Gasteiger partial charge in [-0.1, -0.05) is 25.3 Å². The number of carbonyl (C=O) groups excluding carboxylic acids is 1. The lowest BCUT2D eigenvalue weighted by Crippen LogP contribution is -2.40. The number of amides is 1. The van der Waals surface area contributed by atoms with E-state index in [1.807, 2.05) is 6.92 Å². The van der Waals surface area contributed by atoms with Crippen molar-refractivity contribution in [2.24, 2.45) is 11.1 Å². The molecule has 0 heterocycles. The largest absolute Gasteiger partial charge is 0.489 e. The van der Waals surface area contributed by atoms with Crippen LogP contribution in [0.1, 0.15) is 45.4 Å². The SMILES string of the molecule is CC(CNC(=O)CC1(CN)CCCCC1)Oc1cccc(F)c1.Cl. The molecule has 1 aliphatic rings. The van der Waals surface area contributed by atoms with Gasteiger partial charge in [-0.15, -0.1) is 12.4 Å². The van der Waals surface area contributed by atoms with Crippen molar-refractivity contribution >= 4 is 18.3 Å². The average Bonchev–Trinajstić information content (AvgIpc) is 2.54. The van der Waals surface area contributed by atoms with Gasteiger partial charge in [-0.3, -0.25) is 4.79 Å². The van der Waals surface area contributed by atoms with Gasteiger partial charge in [0.1, 0.15) is 17.7 Å². The summed E-state index contributed by atoms with van der Waals surface area (Å²) >= 11 is 0. The highest BCUT2D eigenvalue weighted by Gasteiger charge is 2.32. The zero-order chi connectivity index (χ0) is 16.7. The van der Waals surface area contributed by atoms with E-state index in [-0.39, 0.29) is 35.7 Å².